The SMILES string of the molecule is O=[N+]([O-])[C-]1CCCCC1.O=[N+]([O-])[C-]1CCCCC1.[NH3+]CCCCCC[NH3+]. The Kier molecular flexibility index (Phi) is 15.9. The number of hydrogen-bond acceptors (Lipinski definition) is 4. The molecule has 8 nitrogen and oxygen atoms in total. The van der Waals surface area contributed by atoms with Crippen molar-refractivity contribution in [2.45, 2.75) is 89.9 Å². The normalized spacial score (nSPS) is 16.7. The van der Waals surface area contributed by atoms with Gasteiger partial charge in [-0.2, -0.15) is 0 Å². The molecule has 0 atom stereocenters. The molecule has 0 heterocycles. The third-order valence-corrected chi connectivity index (χ3v) is 4.63. The highest BCUT2D eigenvalue weighted by atomic mass is 16.6. The number of quaternary nitrogens is 2. The van der Waals surface area contributed by atoms with E-state index < -0.39 is 0 Å². The molecule has 2 rings (SSSR count). The summed E-state index contributed by atoms with van der Waals surface area (Å²) in [5.41, 5.74) is 7.54. The zero-order valence-corrected chi connectivity index (χ0v) is 16.3. The fourth-order valence-corrected chi connectivity index (χ4v) is 2.99. The summed E-state index contributed by atoms with van der Waals surface area (Å²) in [7, 11) is 0. The Morgan fingerprint density at radius 1 is 0.615 bits per heavy atom. The van der Waals surface area contributed by atoms with Crippen LogP contribution in [0.25, 0.3) is 0 Å². The van der Waals surface area contributed by atoms with E-state index in [0.29, 0.717) is 37.8 Å². The van der Waals surface area contributed by atoms with E-state index in [1.807, 2.05) is 0 Å². The third-order valence-electron chi connectivity index (χ3n) is 4.63. The molecule has 0 spiro atoms. The van der Waals surface area contributed by atoms with Gasteiger partial charge >= 0.3 is 0 Å². The minimum absolute atomic E-state index is 0.223. The van der Waals surface area contributed by atoms with Crippen LogP contribution in [0.2, 0.25) is 0 Å². The van der Waals surface area contributed by atoms with E-state index in [9.17, 15) is 20.2 Å². The first-order valence-corrected chi connectivity index (χ1v) is 10.1. The standard InChI is InChI=1S/C6H16N2.2C6H10NO2/c7-5-3-1-2-4-6-8;2*8-7(9)6-4-2-1-3-5-6/h1-8H2;2*1-5H2/q;2*-1/p+2. The van der Waals surface area contributed by atoms with Gasteiger partial charge in [-0.15, -0.1) is 35.5 Å². The summed E-state index contributed by atoms with van der Waals surface area (Å²) in [5.74, 6) is 0. The Morgan fingerprint density at radius 2 is 0.923 bits per heavy atom. The Balaban J connectivity index is 0.000000362. The van der Waals surface area contributed by atoms with Crippen LogP contribution in [0, 0.1) is 32.3 Å². The van der Waals surface area contributed by atoms with Crippen molar-refractivity contribution in [1.29, 1.82) is 0 Å². The van der Waals surface area contributed by atoms with Gasteiger partial charge in [0.05, 0.1) is 13.1 Å². The van der Waals surface area contributed by atoms with Crippen molar-refractivity contribution >= 4 is 0 Å². The molecule has 0 amide bonds. The van der Waals surface area contributed by atoms with Crippen LogP contribution < -0.4 is 11.5 Å². The Hall–Kier alpha value is -1.54. The molecule has 0 aliphatic heterocycles. The second-order valence-electron chi connectivity index (χ2n) is 6.89. The molecule has 0 radical (unpaired) electrons. The molecule has 26 heavy (non-hydrogen) atoms. The average molecular weight is 375 g/mol. The summed E-state index contributed by atoms with van der Waals surface area (Å²) in [4.78, 5) is 19.8. The van der Waals surface area contributed by atoms with Crippen LogP contribution in [-0.2, 0) is 0 Å². The van der Waals surface area contributed by atoms with E-state index >= 15 is 0 Å². The summed E-state index contributed by atoms with van der Waals surface area (Å²) in [6.45, 7) is 2.19. The molecule has 0 bridgehead atoms. The molecule has 0 aromatic rings. The van der Waals surface area contributed by atoms with Crippen molar-refractivity contribution in [3.63, 3.8) is 0 Å². The quantitative estimate of drug-likeness (QED) is 0.305. The lowest BCUT2D eigenvalue weighted by Gasteiger charge is -2.25. The summed E-state index contributed by atoms with van der Waals surface area (Å²) < 4.78 is 0. The highest BCUT2D eigenvalue weighted by Gasteiger charge is 2.09. The molecule has 0 aromatic heterocycles. The van der Waals surface area contributed by atoms with Crippen LogP contribution in [0.4, 0.5) is 0 Å². The fourth-order valence-electron chi connectivity index (χ4n) is 2.99. The van der Waals surface area contributed by atoms with E-state index in [1.54, 1.807) is 0 Å². The van der Waals surface area contributed by atoms with Crippen LogP contribution in [0.1, 0.15) is 89.9 Å². The number of nitro groups is 2. The average Bonchev–Trinajstić information content (AvgIpc) is 2.68. The molecular weight excluding hydrogens is 336 g/mol. The van der Waals surface area contributed by atoms with Crippen LogP contribution in [0.15, 0.2) is 0 Å². The summed E-state index contributed by atoms with van der Waals surface area (Å²) in [6, 6.07) is 1.06. The van der Waals surface area contributed by atoms with Gasteiger partial charge in [-0.05, 0) is 37.8 Å². The summed E-state index contributed by atoms with van der Waals surface area (Å²) in [6.07, 6.45) is 14.5. The Labute approximate surface area is 157 Å². The summed E-state index contributed by atoms with van der Waals surface area (Å²) in [5, 5.41) is 20.2. The molecule has 2 aliphatic rings. The van der Waals surface area contributed by atoms with Gasteiger partial charge in [-0.25, -0.2) is 0 Å². The van der Waals surface area contributed by atoms with Gasteiger partial charge in [0.15, 0.2) is 0 Å². The molecular formula is C18H38N4O4. The zero-order valence-electron chi connectivity index (χ0n) is 16.3. The van der Waals surface area contributed by atoms with Crippen molar-refractivity contribution in [3.8, 4) is 0 Å². The second kappa shape index (κ2) is 16.9. The lowest BCUT2D eigenvalue weighted by Crippen LogP contribution is -2.50. The van der Waals surface area contributed by atoms with Crippen molar-refractivity contribution in [3.05, 3.63) is 32.3 Å². The molecule has 2 saturated carbocycles. The van der Waals surface area contributed by atoms with Crippen LogP contribution in [-0.4, -0.2) is 22.9 Å². The van der Waals surface area contributed by atoms with Crippen LogP contribution in [0.3, 0.4) is 0 Å². The molecule has 8 heteroatoms. The molecule has 154 valence electrons. The third kappa shape index (κ3) is 13.7. The first-order chi connectivity index (χ1) is 12.5. The molecule has 2 fully saturated rings. The van der Waals surface area contributed by atoms with Crippen molar-refractivity contribution in [2.75, 3.05) is 13.1 Å². The van der Waals surface area contributed by atoms with E-state index in [4.69, 9.17) is 0 Å². The van der Waals surface area contributed by atoms with Gasteiger partial charge in [0.1, 0.15) is 0 Å². The van der Waals surface area contributed by atoms with Gasteiger partial charge in [0.2, 0.25) is 0 Å². The van der Waals surface area contributed by atoms with Gasteiger partial charge in [0, 0.05) is 0 Å². The minimum atomic E-state index is -0.223. The van der Waals surface area contributed by atoms with E-state index in [1.165, 1.54) is 25.7 Å². The molecule has 0 unspecified atom stereocenters. The maximum atomic E-state index is 10.1. The predicted molar refractivity (Wildman–Crippen MR) is 101 cm³/mol. The lowest BCUT2D eigenvalue weighted by molar-refractivity contribution is -0.471. The van der Waals surface area contributed by atoms with E-state index in [0.717, 1.165) is 51.6 Å². The highest BCUT2D eigenvalue weighted by molar-refractivity contribution is 4.80. The number of hydrogen-bond donors (Lipinski definition) is 2. The first kappa shape index (κ1) is 24.5. The maximum absolute atomic E-state index is 10.1. The Bertz CT molecular complexity index is 323. The predicted octanol–water partition coefficient (Wildman–Crippen LogP) is 2.55. The van der Waals surface area contributed by atoms with Crippen molar-refractivity contribution in [2.24, 2.45) is 0 Å². The fraction of sp³-hybridized carbons (Fsp3) is 0.889. The topological polar surface area (TPSA) is 142 Å². The van der Waals surface area contributed by atoms with Crippen LogP contribution in [0.5, 0.6) is 0 Å². The smallest absolute Gasteiger partial charge is 0.0739 e. The summed E-state index contributed by atoms with van der Waals surface area (Å²) >= 11 is 0. The lowest BCUT2D eigenvalue weighted by atomic mass is 9.96. The van der Waals surface area contributed by atoms with E-state index in [-0.39, 0.29) is 9.85 Å². The molecule has 2 aliphatic carbocycles. The number of unbranched alkanes of at least 4 members (excludes halogenated alkanes) is 3. The Morgan fingerprint density at radius 3 is 1.12 bits per heavy atom. The number of nitrogens with zero attached hydrogens (tertiary/aromatic N) is 2. The van der Waals surface area contributed by atoms with Gasteiger partial charge < -0.3 is 11.5 Å². The maximum Gasteiger partial charge on any atom is 0.0739 e. The first-order valence-electron chi connectivity index (χ1n) is 10.1. The zero-order chi connectivity index (χ0) is 19.6. The van der Waals surface area contributed by atoms with Crippen molar-refractivity contribution in [1.82, 2.24) is 0 Å². The van der Waals surface area contributed by atoms with Gasteiger partial charge in [0.25, 0.3) is 0 Å². The van der Waals surface area contributed by atoms with Gasteiger partial charge in [-0.1, -0.05) is 38.5 Å². The molecule has 0 saturated heterocycles. The molecule has 6 N–H and O–H groups in total. The minimum Gasteiger partial charge on any atom is -0.358 e. The number of rotatable bonds is 7. The second-order valence-corrected chi connectivity index (χ2v) is 6.89. The highest BCUT2D eigenvalue weighted by Crippen LogP contribution is 2.25. The van der Waals surface area contributed by atoms with Crippen LogP contribution >= 0.6 is 0 Å². The van der Waals surface area contributed by atoms with E-state index in [2.05, 4.69) is 11.5 Å². The van der Waals surface area contributed by atoms with Gasteiger partial charge in [-0.3, -0.25) is 20.2 Å². The van der Waals surface area contributed by atoms with Crippen molar-refractivity contribution < 1.29 is 21.3 Å². The molecule has 0 aromatic carbocycles. The largest absolute Gasteiger partial charge is 0.358 e. The monoisotopic (exact) mass is 374 g/mol.